The first-order valence-electron chi connectivity index (χ1n) is 8.83. The van der Waals surface area contributed by atoms with E-state index in [1.54, 1.807) is 0 Å². The van der Waals surface area contributed by atoms with Gasteiger partial charge in [-0.1, -0.05) is 0 Å². The Kier molecular flexibility index (Phi) is 12.1. The van der Waals surface area contributed by atoms with Crippen molar-refractivity contribution in [2.45, 2.75) is 56.8 Å². The van der Waals surface area contributed by atoms with Crippen LogP contribution in [0.5, 0.6) is 0 Å². The van der Waals surface area contributed by atoms with E-state index in [-0.39, 0.29) is 18.6 Å². The summed E-state index contributed by atoms with van der Waals surface area (Å²) in [6.45, 7) is 1.34. The lowest BCUT2D eigenvalue weighted by atomic mass is 10.1. The van der Waals surface area contributed by atoms with E-state index in [1.807, 2.05) is 0 Å². The summed E-state index contributed by atoms with van der Waals surface area (Å²) in [6.07, 6.45) is -1.70. The first kappa shape index (κ1) is 27.1. The Bertz CT molecular complexity index is 671. The normalized spacial score (nSPS) is 14.5. The molecule has 0 rings (SSSR count). The van der Waals surface area contributed by atoms with Crippen LogP contribution >= 0.6 is 12.6 Å². The quantitative estimate of drug-likeness (QED) is 0.130. The molecule has 0 aromatic rings. The molecule has 0 saturated heterocycles. The monoisotopic (exact) mass is 450 g/mol. The second-order valence-corrected chi connectivity index (χ2v) is 6.72. The molecule has 170 valence electrons. The van der Waals surface area contributed by atoms with Crippen molar-refractivity contribution in [1.82, 2.24) is 16.0 Å². The second-order valence-electron chi connectivity index (χ2n) is 6.36. The molecule has 0 radical (unpaired) electrons. The first-order valence-corrected chi connectivity index (χ1v) is 9.46. The Hall–Kier alpha value is -2.87. The summed E-state index contributed by atoms with van der Waals surface area (Å²) in [5.41, 5.74) is 5.42. The van der Waals surface area contributed by atoms with Gasteiger partial charge in [-0.15, -0.1) is 0 Å². The van der Waals surface area contributed by atoms with Crippen molar-refractivity contribution in [3.8, 4) is 0 Å². The fourth-order valence-electron chi connectivity index (χ4n) is 2.11. The lowest BCUT2D eigenvalue weighted by Crippen LogP contribution is -2.57. The van der Waals surface area contributed by atoms with Gasteiger partial charge in [0.05, 0.1) is 6.04 Å². The molecule has 0 aromatic carbocycles. The summed E-state index contributed by atoms with van der Waals surface area (Å²) in [5.74, 6) is -6.81. The van der Waals surface area contributed by atoms with E-state index >= 15 is 0 Å². The number of carbonyl (C=O) groups excluding carboxylic acids is 3. The molecule has 0 aliphatic rings. The van der Waals surface area contributed by atoms with Gasteiger partial charge < -0.3 is 37.0 Å². The van der Waals surface area contributed by atoms with Gasteiger partial charge in [-0.05, 0) is 19.8 Å². The molecule has 0 aliphatic carbocycles. The number of nitrogens with two attached hydrogens (primary N) is 1. The number of aliphatic carboxylic acids is 3. The van der Waals surface area contributed by atoms with Gasteiger partial charge in [0, 0.05) is 18.6 Å². The highest BCUT2D eigenvalue weighted by atomic mass is 32.1. The van der Waals surface area contributed by atoms with E-state index in [0.29, 0.717) is 0 Å². The molecule has 0 spiro atoms. The average Bonchev–Trinajstić information content (AvgIpc) is 2.64. The molecule has 4 atom stereocenters. The number of hydrogen-bond acceptors (Lipinski definition) is 8. The fourth-order valence-corrected chi connectivity index (χ4v) is 2.35. The summed E-state index contributed by atoms with van der Waals surface area (Å²) in [6, 6.07) is -5.19. The van der Waals surface area contributed by atoms with Gasteiger partial charge >= 0.3 is 17.9 Å². The van der Waals surface area contributed by atoms with Crippen molar-refractivity contribution in [3.63, 3.8) is 0 Å². The molecular weight excluding hydrogens is 424 g/mol. The Morgan fingerprint density at radius 3 is 1.43 bits per heavy atom. The highest BCUT2D eigenvalue weighted by molar-refractivity contribution is 7.80. The fraction of sp³-hybridized carbons (Fsp3) is 0.625. The third kappa shape index (κ3) is 10.6. The minimum Gasteiger partial charge on any atom is -0.481 e. The molecule has 3 amide bonds. The number of amides is 3. The SMILES string of the molecule is CC(N)C(=O)NC(CCC(=O)O)C(=O)NC(CCC(=O)O)C(=O)NC(CS)C(=O)O. The number of rotatable bonds is 14. The van der Waals surface area contributed by atoms with E-state index in [1.165, 1.54) is 6.92 Å². The van der Waals surface area contributed by atoms with E-state index in [2.05, 4.69) is 28.6 Å². The third-order valence-corrected chi connectivity index (χ3v) is 4.14. The van der Waals surface area contributed by atoms with Crippen LogP contribution in [0.3, 0.4) is 0 Å². The Morgan fingerprint density at radius 2 is 1.13 bits per heavy atom. The number of carboxylic acid groups (broad SMARTS) is 3. The maximum atomic E-state index is 12.5. The predicted molar refractivity (Wildman–Crippen MR) is 105 cm³/mol. The van der Waals surface area contributed by atoms with Gasteiger partial charge in [0.25, 0.3) is 0 Å². The van der Waals surface area contributed by atoms with E-state index in [4.69, 9.17) is 21.1 Å². The van der Waals surface area contributed by atoms with Crippen LogP contribution in [0.1, 0.15) is 32.6 Å². The zero-order valence-electron chi connectivity index (χ0n) is 16.2. The molecule has 0 aliphatic heterocycles. The van der Waals surface area contributed by atoms with Crippen LogP contribution in [-0.4, -0.2) is 80.9 Å². The van der Waals surface area contributed by atoms with Gasteiger partial charge in [0.1, 0.15) is 18.1 Å². The first-order chi connectivity index (χ1) is 13.9. The molecule has 14 heteroatoms. The molecule has 0 aromatic heterocycles. The summed E-state index contributed by atoms with van der Waals surface area (Å²) >= 11 is 3.80. The maximum absolute atomic E-state index is 12.5. The third-order valence-electron chi connectivity index (χ3n) is 3.77. The van der Waals surface area contributed by atoms with E-state index in [0.717, 1.165) is 0 Å². The summed E-state index contributed by atoms with van der Waals surface area (Å²) < 4.78 is 0. The summed E-state index contributed by atoms with van der Waals surface area (Å²) in [7, 11) is 0. The minimum absolute atomic E-state index is 0.258. The maximum Gasteiger partial charge on any atom is 0.327 e. The molecule has 4 unspecified atom stereocenters. The van der Waals surface area contributed by atoms with Crippen LogP contribution in [0.25, 0.3) is 0 Å². The van der Waals surface area contributed by atoms with Crippen LogP contribution in [0.15, 0.2) is 0 Å². The largest absolute Gasteiger partial charge is 0.481 e. The zero-order chi connectivity index (χ0) is 23.4. The van der Waals surface area contributed by atoms with Crippen LogP contribution in [-0.2, 0) is 28.8 Å². The van der Waals surface area contributed by atoms with Crippen molar-refractivity contribution in [3.05, 3.63) is 0 Å². The minimum atomic E-state index is -1.45. The number of hydrogen-bond donors (Lipinski definition) is 8. The molecule has 0 saturated carbocycles. The molecule has 0 bridgehead atoms. The van der Waals surface area contributed by atoms with Gasteiger partial charge in [0.15, 0.2) is 0 Å². The van der Waals surface area contributed by atoms with Gasteiger partial charge in [0.2, 0.25) is 17.7 Å². The Labute approximate surface area is 177 Å². The molecule has 0 heterocycles. The standard InChI is InChI=1S/C16H26N4O9S/c1-7(17)13(25)18-8(2-4-11(21)22)14(26)19-9(3-5-12(23)24)15(27)20-10(6-30)16(28)29/h7-10,30H,2-6,17H2,1H3,(H,18,25)(H,19,26)(H,20,27)(H,21,22)(H,23,24)(H,28,29). The van der Waals surface area contributed by atoms with Gasteiger partial charge in [-0.2, -0.15) is 12.6 Å². The topological polar surface area (TPSA) is 225 Å². The Morgan fingerprint density at radius 1 is 0.767 bits per heavy atom. The smallest absolute Gasteiger partial charge is 0.327 e. The average molecular weight is 450 g/mol. The van der Waals surface area contributed by atoms with Crippen molar-refractivity contribution in [1.29, 1.82) is 0 Å². The zero-order valence-corrected chi connectivity index (χ0v) is 17.1. The number of carboxylic acids is 3. The van der Waals surface area contributed by atoms with E-state index < -0.39 is 72.6 Å². The lowest BCUT2D eigenvalue weighted by Gasteiger charge is -2.24. The van der Waals surface area contributed by atoms with Crippen molar-refractivity contribution in [2.75, 3.05) is 5.75 Å². The highest BCUT2D eigenvalue weighted by Gasteiger charge is 2.30. The number of nitrogens with one attached hydrogen (secondary N) is 3. The molecule has 30 heavy (non-hydrogen) atoms. The molecule has 13 nitrogen and oxygen atoms in total. The van der Waals surface area contributed by atoms with Crippen molar-refractivity contribution in [2.24, 2.45) is 5.73 Å². The Balaban J connectivity index is 5.43. The van der Waals surface area contributed by atoms with Gasteiger partial charge in [-0.25, -0.2) is 4.79 Å². The van der Waals surface area contributed by atoms with Crippen LogP contribution in [0.4, 0.5) is 0 Å². The van der Waals surface area contributed by atoms with Crippen LogP contribution in [0, 0.1) is 0 Å². The molecular formula is C16H26N4O9S. The van der Waals surface area contributed by atoms with Crippen LogP contribution < -0.4 is 21.7 Å². The number of carbonyl (C=O) groups is 6. The van der Waals surface area contributed by atoms with E-state index in [9.17, 15) is 28.8 Å². The van der Waals surface area contributed by atoms with Crippen LogP contribution in [0.2, 0.25) is 0 Å². The summed E-state index contributed by atoms with van der Waals surface area (Å²) in [5, 5.41) is 33.3. The molecule has 0 fully saturated rings. The lowest BCUT2D eigenvalue weighted by molar-refractivity contribution is -0.142. The highest BCUT2D eigenvalue weighted by Crippen LogP contribution is 2.04. The number of thiol groups is 1. The second kappa shape index (κ2) is 13.4. The predicted octanol–water partition coefficient (Wildman–Crippen LogP) is -2.47. The van der Waals surface area contributed by atoms with Crippen molar-refractivity contribution < 1.29 is 44.1 Å². The molecule has 8 N–H and O–H groups in total. The van der Waals surface area contributed by atoms with Gasteiger partial charge in [-0.3, -0.25) is 24.0 Å². The summed E-state index contributed by atoms with van der Waals surface area (Å²) in [4.78, 5) is 69.4. The van der Waals surface area contributed by atoms with Crippen molar-refractivity contribution >= 4 is 48.3 Å².